The molecule has 0 radical (unpaired) electrons. The van der Waals surface area contributed by atoms with E-state index in [4.69, 9.17) is 5.73 Å². The summed E-state index contributed by atoms with van der Waals surface area (Å²) in [6, 6.07) is 10.2. The fourth-order valence-electron chi connectivity index (χ4n) is 2.25. The van der Waals surface area contributed by atoms with Crippen LogP contribution in [0.1, 0.15) is 12.0 Å². The van der Waals surface area contributed by atoms with Gasteiger partial charge in [0.2, 0.25) is 0 Å². The number of hydrogen-bond acceptors (Lipinski definition) is 3. The lowest BCUT2D eigenvalue weighted by Gasteiger charge is -2.07. The van der Waals surface area contributed by atoms with Gasteiger partial charge >= 0.3 is 0 Å². The van der Waals surface area contributed by atoms with Crippen LogP contribution < -0.4 is 5.73 Å². The largest absolute Gasteiger partial charge is 0.383 e. The summed E-state index contributed by atoms with van der Waals surface area (Å²) < 4.78 is 2.07. The maximum Gasteiger partial charge on any atom is 0.127 e. The number of benzene rings is 1. The Balaban J connectivity index is 1.75. The Morgan fingerprint density at radius 2 is 2.11 bits per heavy atom. The van der Waals surface area contributed by atoms with Crippen molar-refractivity contribution in [3.63, 3.8) is 0 Å². The highest BCUT2D eigenvalue weighted by molar-refractivity contribution is 5.81. The molecule has 0 spiro atoms. The number of nitrogens with zero attached hydrogens (tertiary/aromatic N) is 3. The van der Waals surface area contributed by atoms with E-state index >= 15 is 0 Å². The second kappa shape index (κ2) is 5.10. The minimum Gasteiger partial charge on any atom is -0.383 e. The molecule has 0 saturated heterocycles. The monoisotopic (exact) mass is 252 g/mol. The number of aryl methyl sites for hydroxylation is 2. The van der Waals surface area contributed by atoms with Crippen LogP contribution in [0.2, 0.25) is 0 Å². The Labute approximate surface area is 111 Å². The predicted octanol–water partition coefficient (Wildman–Crippen LogP) is 2.65. The topological polar surface area (TPSA) is 56.7 Å². The molecule has 3 aromatic rings. The lowest BCUT2D eigenvalue weighted by molar-refractivity contribution is 0.642. The van der Waals surface area contributed by atoms with E-state index in [1.165, 1.54) is 0 Å². The second-order valence-corrected chi connectivity index (χ2v) is 4.63. The summed E-state index contributed by atoms with van der Waals surface area (Å²) in [7, 11) is 0. The molecule has 0 aliphatic heterocycles. The summed E-state index contributed by atoms with van der Waals surface area (Å²) in [4.78, 5) is 8.48. The second-order valence-electron chi connectivity index (χ2n) is 4.63. The third-order valence-corrected chi connectivity index (χ3v) is 3.26. The molecule has 1 aromatic carbocycles. The summed E-state index contributed by atoms with van der Waals surface area (Å²) >= 11 is 0. The number of nitrogens with two attached hydrogens (primary N) is 1. The lowest BCUT2D eigenvalue weighted by atomic mass is 10.1. The molecule has 0 fully saturated rings. The maximum atomic E-state index is 6.02. The van der Waals surface area contributed by atoms with Gasteiger partial charge in [-0.25, -0.2) is 9.97 Å². The minimum atomic E-state index is 0.643. The predicted molar refractivity (Wildman–Crippen MR) is 76.7 cm³/mol. The van der Waals surface area contributed by atoms with E-state index in [-0.39, 0.29) is 0 Å². The zero-order valence-electron chi connectivity index (χ0n) is 10.7. The highest BCUT2D eigenvalue weighted by Crippen LogP contribution is 2.19. The molecule has 0 unspecified atom stereocenters. The molecule has 0 aliphatic carbocycles. The van der Waals surface area contributed by atoms with Crippen molar-refractivity contribution in [1.82, 2.24) is 14.5 Å². The SMILES string of the molecule is Nc1nc2ccccc2cc1CCCn1ccnc1. The Hall–Kier alpha value is -2.36. The molecule has 0 saturated carbocycles. The van der Waals surface area contributed by atoms with Gasteiger partial charge < -0.3 is 10.3 Å². The van der Waals surface area contributed by atoms with Crippen molar-refractivity contribution in [2.45, 2.75) is 19.4 Å². The minimum absolute atomic E-state index is 0.643. The third-order valence-electron chi connectivity index (χ3n) is 3.26. The summed E-state index contributed by atoms with van der Waals surface area (Å²) in [5, 5.41) is 1.15. The normalized spacial score (nSPS) is 10.9. The average molecular weight is 252 g/mol. The van der Waals surface area contributed by atoms with Gasteiger partial charge in [-0.2, -0.15) is 0 Å². The molecule has 2 N–H and O–H groups in total. The summed E-state index contributed by atoms with van der Waals surface area (Å²) in [5.74, 6) is 0.643. The number of nitrogen functional groups attached to an aromatic ring is 1. The Bertz CT molecular complexity index is 674. The zero-order chi connectivity index (χ0) is 13.1. The van der Waals surface area contributed by atoms with Gasteiger partial charge in [0.1, 0.15) is 5.82 Å². The molecule has 0 amide bonds. The number of hydrogen-bond donors (Lipinski definition) is 1. The number of anilines is 1. The van der Waals surface area contributed by atoms with Gasteiger partial charge in [-0.1, -0.05) is 18.2 Å². The molecule has 0 atom stereocenters. The molecule has 4 nitrogen and oxygen atoms in total. The van der Waals surface area contributed by atoms with Crippen LogP contribution in [0.5, 0.6) is 0 Å². The van der Waals surface area contributed by atoms with Crippen LogP contribution in [-0.4, -0.2) is 14.5 Å². The number of imidazole rings is 1. The van der Waals surface area contributed by atoms with Crippen LogP contribution >= 0.6 is 0 Å². The Morgan fingerprint density at radius 3 is 2.95 bits per heavy atom. The quantitative estimate of drug-likeness (QED) is 0.776. The standard InChI is InChI=1S/C15H16N4/c16-15-13(5-3-8-19-9-7-17-11-19)10-12-4-1-2-6-14(12)18-15/h1-2,4,6-7,9-11H,3,5,8H2,(H2,16,18). The van der Waals surface area contributed by atoms with Crippen LogP contribution in [-0.2, 0) is 13.0 Å². The van der Waals surface area contributed by atoms with E-state index in [9.17, 15) is 0 Å². The molecule has 96 valence electrons. The van der Waals surface area contributed by atoms with E-state index < -0.39 is 0 Å². The van der Waals surface area contributed by atoms with Gasteiger partial charge in [0.25, 0.3) is 0 Å². The van der Waals surface area contributed by atoms with E-state index in [0.29, 0.717) is 5.82 Å². The zero-order valence-corrected chi connectivity index (χ0v) is 10.7. The highest BCUT2D eigenvalue weighted by atomic mass is 15.0. The molecule has 4 heteroatoms. The number of para-hydroxylation sites is 1. The van der Waals surface area contributed by atoms with E-state index in [0.717, 1.165) is 35.9 Å². The lowest BCUT2D eigenvalue weighted by Crippen LogP contribution is -2.01. The van der Waals surface area contributed by atoms with Gasteiger partial charge in [-0.15, -0.1) is 0 Å². The van der Waals surface area contributed by atoms with Crippen molar-refractivity contribution < 1.29 is 0 Å². The molecular weight excluding hydrogens is 236 g/mol. The molecule has 3 rings (SSSR count). The first-order valence-electron chi connectivity index (χ1n) is 6.43. The van der Waals surface area contributed by atoms with Gasteiger partial charge in [0, 0.05) is 24.3 Å². The van der Waals surface area contributed by atoms with Crippen molar-refractivity contribution in [3.05, 3.63) is 54.6 Å². The molecule has 2 heterocycles. The van der Waals surface area contributed by atoms with Crippen LogP contribution in [0.3, 0.4) is 0 Å². The van der Waals surface area contributed by atoms with Gasteiger partial charge in [-0.3, -0.25) is 0 Å². The van der Waals surface area contributed by atoms with Crippen molar-refractivity contribution in [1.29, 1.82) is 0 Å². The number of fused-ring (bicyclic) bond motifs is 1. The summed E-state index contributed by atoms with van der Waals surface area (Å²) in [6.45, 7) is 0.951. The van der Waals surface area contributed by atoms with Crippen LogP contribution in [0.15, 0.2) is 49.1 Å². The summed E-state index contributed by atoms with van der Waals surface area (Å²) in [6.07, 6.45) is 7.57. The average Bonchev–Trinajstić information content (AvgIpc) is 2.92. The van der Waals surface area contributed by atoms with Crippen molar-refractivity contribution in [2.75, 3.05) is 5.73 Å². The third kappa shape index (κ3) is 2.57. The van der Waals surface area contributed by atoms with E-state index in [1.54, 1.807) is 6.20 Å². The van der Waals surface area contributed by atoms with Gasteiger partial charge in [0.05, 0.1) is 11.8 Å². The van der Waals surface area contributed by atoms with Crippen LogP contribution in [0.25, 0.3) is 10.9 Å². The fourth-order valence-corrected chi connectivity index (χ4v) is 2.25. The highest BCUT2D eigenvalue weighted by Gasteiger charge is 2.03. The van der Waals surface area contributed by atoms with Crippen molar-refractivity contribution >= 4 is 16.7 Å². The van der Waals surface area contributed by atoms with E-state index in [2.05, 4.69) is 26.7 Å². The number of aromatic nitrogens is 3. The van der Waals surface area contributed by atoms with Gasteiger partial charge in [-0.05, 0) is 30.5 Å². The van der Waals surface area contributed by atoms with Crippen LogP contribution in [0.4, 0.5) is 5.82 Å². The molecule has 19 heavy (non-hydrogen) atoms. The van der Waals surface area contributed by atoms with E-state index in [1.807, 2.05) is 30.7 Å². The first-order valence-corrected chi connectivity index (χ1v) is 6.43. The van der Waals surface area contributed by atoms with Crippen LogP contribution in [0, 0.1) is 0 Å². The molecule has 0 bridgehead atoms. The molecule has 0 aliphatic rings. The first-order chi connectivity index (χ1) is 9.33. The fraction of sp³-hybridized carbons (Fsp3) is 0.200. The smallest absolute Gasteiger partial charge is 0.127 e. The Kier molecular flexibility index (Phi) is 3.14. The van der Waals surface area contributed by atoms with Crippen molar-refractivity contribution in [2.24, 2.45) is 0 Å². The number of rotatable bonds is 4. The van der Waals surface area contributed by atoms with Gasteiger partial charge in [0.15, 0.2) is 0 Å². The molecular formula is C15H16N4. The summed E-state index contributed by atoms with van der Waals surface area (Å²) in [5.41, 5.74) is 8.10. The number of pyridine rings is 1. The van der Waals surface area contributed by atoms with Crippen molar-refractivity contribution in [3.8, 4) is 0 Å². The first kappa shape index (κ1) is 11.7. The molecule has 2 aromatic heterocycles. The maximum absolute atomic E-state index is 6.02. The Morgan fingerprint density at radius 1 is 1.21 bits per heavy atom.